The van der Waals surface area contributed by atoms with Gasteiger partial charge in [-0.05, 0) is 12.5 Å². The first-order valence-corrected chi connectivity index (χ1v) is 9.54. The maximum atomic E-state index is 11.9. The van der Waals surface area contributed by atoms with Gasteiger partial charge in [0.25, 0.3) is 0 Å². The molecule has 0 aliphatic heterocycles. The Bertz CT molecular complexity index is 706. The highest BCUT2D eigenvalue weighted by atomic mass is 127. The van der Waals surface area contributed by atoms with Crippen molar-refractivity contribution in [2.75, 3.05) is 27.2 Å². The van der Waals surface area contributed by atoms with Gasteiger partial charge in [0.1, 0.15) is 6.54 Å². The molecule has 1 heterocycles. The predicted molar refractivity (Wildman–Crippen MR) is 123 cm³/mol. The summed E-state index contributed by atoms with van der Waals surface area (Å²) in [5.41, 5.74) is 1.16. The molecular weight excluding hydrogens is 473 g/mol. The molecule has 0 fully saturated rings. The van der Waals surface area contributed by atoms with Crippen molar-refractivity contribution >= 4 is 47.2 Å². The van der Waals surface area contributed by atoms with Crippen molar-refractivity contribution in [3.05, 3.63) is 52.5 Å². The SMILES string of the molecule is CC(CNC(=NCC(=O)N(C)C)NC(C)c1ccccc1)c1nccs1.I. The number of hydrogen-bond donors (Lipinski definition) is 2. The maximum Gasteiger partial charge on any atom is 0.243 e. The molecule has 0 radical (unpaired) electrons. The molecule has 0 saturated heterocycles. The second-order valence-corrected chi connectivity index (χ2v) is 7.31. The summed E-state index contributed by atoms with van der Waals surface area (Å²) < 4.78 is 0. The van der Waals surface area contributed by atoms with Gasteiger partial charge in [0.2, 0.25) is 5.91 Å². The monoisotopic (exact) mass is 501 g/mol. The summed E-state index contributed by atoms with van der Waals surface area (Å²) in [6.45, 7) is 4.99. The topological polar surface area (TPSA) is 69.6 Å². The van der Waals surface area contributed by atoms with Gasteiger partial charge in [-0.15, -0.1) is 35.3 Å². The van der Waals surface area contributed by atoms with Crippen LogP contribution in [0.4, 0.5) is 0 Å². The summed E-state index contributed by atoms with van der Waals surface area (Å²) in [6, 6.07) is 10.2. The standard InChI is InChI=1S/C19H27N5OS.HI/c1-14(18-20-10-11-26-18)12-21-19(22-13-17(25)24(3)4)23-15(2)16-8-6-5-7-9-16;/h5-11,14-15H,12-13H2,1-4H3,(H2,21,22,23);1H. The highest BCUT2D eigenvalue weighted by Gasteiger charge is 2.12. The lowest BCUT2D eigenvalue weighted by molar-refractivity contribution is -0.127. The third-order valence-electron chi connectivity index (χ3n) is 3.97. The molecule has 1 amide bonds. The van der Waals surface area contributed by atoms with E-state index in [-0.39, 0.29) is 48.4 Å². The van der Waals surface area contributed by atoms with E-state index in [0.717, 1.165) is 10.6 Å². The molecule has 0 aliphatic carbocycles. The van der Waals surface area contributed by atoms with Crippen molar-refractivity contribution in [1.29, 1.82) is 0 Å². The molecule has 6 nitrogen and oxygen atoms in total. The largest absolute Gasteiger partial charge is 0.356 e. The van der Waals surface area contributed by atoms with Crippen LogP contribution in [-0.4, -0.2) is 48.9 Å². The van der Waals surface area contributed by atoms with Crippen LogP contribution in [0.25, 0.3) is 0 Å². The minimum Gasteiger partial charge on any atom is -0.356 e. The first-order chi connectivity index (χ1) is 12.5. The van der Waals surface area contributed by atoms with Gasteiger partial charge in [0, 0.05) is 38.1 Å². The lowest BCUT2D eigenvalue weighted by atomic mass is 10.1. The summed E-state index contributed by atoms with van der Waals surface area (Å²) in [6.07, 6.45) is 1.82. The lowest BCUT2D eigenvalue weighted by Gasteiger charge is -2.20. The first kappa shape index (κ1) is 23.4. The fourth-order valence-corrected chi connectivity index (χ4v) is 2.98. The third-order valence-corrected chi connectivity index (χ3v) is 4.98. The number of amides is 1. The highest BCUT2D eigenvalue weighted by Crippen LogP contribution is 2.16. The number of guanidine groups is 1. The second-order valence-electron chi connectivity index (χ2n) is 6.38. The molecule has 8 heteroatoms. The van der Waals surface area contributed by atoms with Crippen LogP contribution in [0.3, 0.4) is 0 Å². The zero-order chi connectivity index (χ0) is 18.9. The van der Waals surface area contributed by atoms with Crippen molar-refractivity contribution in [3.8, 4) is 0 Å². The van der Waals surface area contributed by atoms with Crippen LogP contribution in [0.5, 0.6) is 0 Å². The zero-order valence-corrected chi connectivity index (χ0v) is 19.3. The number of carbonyl (C=O) groups excluding carboxylic acids is 1. The molecule has 2 unspecified atom stereocenters. The van der Waals surface area contributed by atoms with E-state index in [0.29, 0.717) is 12.5 Å². The van der Waals surface area contributed by atoms with E-state index >= 15 is 0 Å². The summed E-state index contributed by atoms with van der Waals surface area (Å²) in [7, 11) is 3.46. The number of aromatic nitrogens is 1. The van der Waals surface area contributed by atoms with Crippen LogP contribution in [0.1, 0.15) is 36.4 Å². The summed E-state index contributed by atoms with van der Waals surface area (Å²) in [4.78, 5) is 22.2. The van der Waals surface area contributed by atoms with Gasteiger partial charge in [0.15, 0.2) is 5.96 Å². The van der Waals surface area contributed by atoms with Gasteiger partial charge < -0.3 is 15.5 Å². The number of thiazole rings is 1. The van der Waals surface area contributed by atoms with Crippen molar-refractivity contribution in [2.45, 2.75) is 25.8 Å². The Morgan fingerprint density at radius 3 is 2.56 bits per heavy atom. The highest BCUT2D eigenvalue weighted by molar-refractivity contribution is 14.0. The molecule has 1 aromatic carbocycles. The predicted octanol–water partition coefficient (Wildman–Crippen LogP) is 3.25. The average molecular weight is 501 g/mol. The molecule has 27 heavy (non-hydrogen) atoms. The minimum absolute atomic E-state index is 0. The Morgan fingerprint density at radius 2 is 1.96 bits per heavy atom. The molecule has 148 valence electrons. The van der Waals surface area contributed by atoms with E-state index in [1.807, 2.05) is 29.8 Å². The molecule has 0 aliphatic rings. The molecule has 0 spiro atoms. The van der Waals surface area contributed by atoms with Crippen molar-refractivity contribution in [3.63, 3.8) is 0 Å². The van der Waals surface area contributed by atoms with Gasteiger partial charge in [0.05, 0.1) is 11.0 Å². The van der Waals surface area contributed by atoms with Crippen molar-refractivity contribution < 1.29 is 4.79 Å². The van der Waals surface area contributed by atoms with E-state index in [1.54, 1.807) is 30.3 Å². The van der Waals surface area contributed by atoms with Gasteiger partial charge in [-0.1, -0.05) is 37.3 Å². The van der Waals surface area contributed by atoms with Crippen molar-refractivity contribution in [2.24, 2.45) is 4.99 Å². The number of hydrogen-bond acceptors (Lipinski definition) is 4. The number of nitrogens with zero attached hydrogens (tertiary/aromatic N) is 3. The Labute approximate surface area is 182 Å². The second kappa shape index (κ2) is 11.9. The van der Waals surface area contributed by atoms with Crippen LogP contribution >= 0.6 is 35.3 Å². The molecular formula is C19H28IN5OS. The lowest BCUT2D eigenvalue weighted by Crippen LogP contribution is -2.41. The van der Waals surface area contributed by atoms with Crippen molar-refractivity contribution in [1.82, 2.24) is 20.5 Å². The molecule has 2 rings (SSSR count). The Hall–Kier alpha value is -1.68. The summed E-state index contributed by atoms with van der Waals surface area (Å²) in [5.74, 6) is 0.852. The van der Waals surface area contributed by atoms with E-state index < -0.39 is 0 Å². The van der Waals surface area contributed by atoms with Crippen LogP contribution in [-0.2, 0) is 4.79 Å². The van der Waals surface area contributed by atoms with E-state index in [1.165, 1.54) is 0 Å². The Kier molecular flexibility index (Phi) is 10.3. The molecule has 2 aromatic rings. The Morgan fingerprint density at radius 1 is 1.26 bits per heavy atom. The van der Waals surface area contributed by atoms with Gasteiger partial charge in [-0.25, -0.2) is 9.98 Å². The third kappa shape index (κ3) is 7.84. The number of aliphatic imine (C=N–C) groups is 1. The fourth-order valence-electron chi connectivity index (χ4n) is 2.29. The van der Waals surface area contributed by atoms with Crippen LogP contribution < -0.4 is 10.6 Å². The minimum atomic E-state index is -0.0357. The molecule has 0 bridgehead atoms. The van der Waals surface area contributed by atoms with E-state index in [9.17, 15) is 4.79 Å². The molecule has 0 saturated carbocycles. The fraction of sp³-hybridized carbons (Fsp3) is 0.421. The molecule has 2 N–H and O–H groups in total. The summed E-state index contributed by atoms with van der Waals surface area (Å²) >= 11 is 1.64. The van der Waals surface area contributed by atoms with Crippen LogP contribution in [0.15, 0.2) is 46.9 Å². The number of carbonyl (C=O) groups is 1. The maximum absolute atomic E-state index is 11.9. The van der Waals surface area contributed by atoms with Gasteiger partial charge >= 0.3 is 0 Å². The van der Waals surface area contributed by atoms with Crippen LogP contribution in [0, 0.1) is 0 Å². The van der Waals surface area contributed by atoms with Gasteiger partial charge in [-0.2, -0.15) is 0 Å². The van der Waals surface area contributed by atoms with Gasteiger partial charge in [-0.3, -0.25) is 4.79 Å². The Balaban J connectivity index is 0.00000364. The van der Waals surface area contributed by atoms with Crippen LogP contribution in [0.2, 0.25) is 0 Å². The normalized spacial score (nSPS) is 13.3. The number of benzene rings is 1. The smallest absolute Gasteiger partial charge is 0.243 e. The number of rotatable bonds is 7. The van der Waals surface area contributed by atoms with E-state index in [2.05, 4.69) is 46.6 Å². The number of nitrogens with one attached hydrogen (secondary N) is 2. The quantitative estimate of drug-likeness (QED) is 0.347. The first-order valence-electron chi connectivity index (χ1n) is 8.66. The average Bonchev–Trinajstić information content (AvgIpc) is 3.18. The molecule has 1 aromatic heterocycles. The molecule has 2 atom stereocenters. The zero-order valence-electron chi connectivity index (χ0n) is 16.2. The number of likely N-dealkylation sites (N-methyl/N-ethyl adjacent to an activating group) is 1. The number of halogens is 1. The summed E-state index contributed by atoms with van der Waals surface area (Å²) in [5, 5.41) is 9.78. The van der Waals surface area contributed by atoms with E-state index in [4.69, 9.17) is 0 Å².